The lowest BCUT2D eigenvalue weighted by atomic mass is 10.0. The summed E-state index contributed by atoms with van der Waals surface area (Å²) in [7, 11) is 0. The molecule has 1 aromatic carbocycles. The fourth-order valence-corrected chi connectivity index (χ4v) is 3.41. The van der Waals surface area contributed by atoms with Crippen molar-refractivity contribution in [3.05, 3.63) is 58.1 Å². The molecule has 8 nitrogen and oxygen atoms in total. The van der Waals surface area contributed by atoms with Crippen LogP contribution in [0.5, 0.6) is 0 Å². The average molecular weight is 430 g/mol. The Morgan fingerprint density at radius 1 is 1.20 bits per heavy atom. The quantitative estimate of drug-likeness (QED) is 0.579. The average Bonchev–Trinajstić information content (AvgIpc) is 3.03. The topological polar surface area (TPSA) is 98.5 Å². The van der Waals surface area contributed by atoms with Gasteiger partial charge in [-0.1, -0.05) is 29.8 Å². The van der Waals surface area contributed by atoms with Crippen molar-refractivity contribution in [3.8, 4) is 0 Å². The minimum atomic E-state index is -0.628. The first-order chi connectivity index (χ1) is 14.2. The first-order valence-electron chi connectivity index (χ1n) is 9.66. The van der Waals surface area contributed by atoms with Crippen molar-refractivity contribution in [2.75, 3.05) is 0 Å². The summed E-state index contributed by atoms with van der Waals surface area (Å²) in [4.78, 5) is 33.6. The van der Waals surface area contributed by atoms with Crippen LogP contribution in [0.2, 0.25) is 5.02 Å². The molecule has 0 radical (unpaired) electrons. The number of benzene rings is 1. The molecule has 158 valence electrons. The Hall–Kier alpha value is -3.00. The number of esters is 1. The smallest absolute Gasteiger partial charge is 0.308 e. The monoisotopic (exact) mass is 429 g/mol. The van der Waals surface area contributed by atoms with Crippen molar-refractivity contribution in [1.82, 2.24) is 24.9 Å². The van der Waals surface area contributed by atoms with Crippen LogP contribution >= 0.6 is 11.6 Å². The van der Waals surface area contributed by atoms with E-state index >= 15 is 0 Å². The molecule has 0 bridgehead atoms. The normalized spacial score (nSPS) is 12.2. The number of carbonyl (C=O) groups is 2. The van der Waals surface area contributed by atoms with Crippen LogP contribution in [0.4, 0.5) is 0 Å². The van der Waals surface area contributed by atoms with E-state index < -0.39 is 12.0 Å². The Morgan fingerprint density at radius 3 is 2.63 bits per heavy atom. The molecule has 1 N–H and O–H groups in total. The summed E-state index contributed by atoms with van der Waals surface area (Å²) < 4.78 is 6.83. The molecule has 0 saturated heterocycles. The van der Waals surface area contributed by atoms with Crippen LogP contribution < -0.4 is 5.32 Å². The molecule has 0 aliphatic rings. The van der Waals surface area contributed by atoms with Gasteiger partial charge in [0, 0.05) is 16.4 Å². The highest BCUT2D eigenvalue weighted by molar-refractivity contribution is 6.31. The fraction of sp³-hybridized carbons (Fsp3) is 0.381. The molecule has 9 heteroatoms. The lowest BCUT2D eigenvalue weighted by molar-refractivity contribution is -0.148. The number of aromatic nitrogens is 4. The van der Waals surface area contributed by atoms with E-state index in [9.17, 15) is 9.59 Å². The molecule has 1 amide bonds. The van der Waals surface area contributed by atoms with E-state index in [-0.39, 0.29) is 24.9 Å². The van der Waals surface area contributed by atoms with E-state index in [1.54, 1.807) is 42.6 Å². The van der Waals surface area contributed by atoms with Gasteiger partial charge in [-0.25, -0.2) is 9.50 Å². The highest BCUT2D eigenvalue weighted by Crippen LogP contribution is 2.25. The van der Waals surface area contributed by atoms with Crippen molar-refractivity contribution in [1.29, 1.82) is 0 Å². The van der Waals surface area contributed by atoms with Gasteiger partial charge in [0.15, 0.2) is 5.82 Å². The van der Waals surface area contributed by atoms with Gasteiger partial charge in [-0.3, -0.25) is 9.59 Å². The van der Waals surface area contributed by atoms with Gasteiger partial charge in [0.25, 0.3) is 5.78 Å². The summed E-state index contributed by atoms with van der Waals surface area (Å²) in [6.45, 7) is 7.31. The predicted octanol–water partition coefficient (Wildman–Crippen LogP) is 3.14. The molecular formula is C21H24ClN5O3. The molecule has 0 saturated carbocycles. The highest BCUT2D eigenvalue weighted by atomic mass is 35.5. The summed E-state index contributed by atoms with van der Waals surface area (Å²) in [6.07, 6.45) is -0.338. The first-order valence-corrected chi connectivity index (χ1v) is 10.0. The van der Waals surface area contributed by atoms with Gasteiger partial charge >= 0.3 is 5.97 Å². The molecule has 0 aliphatic carbocycles. The van der Waals surface area contributed by atoms with Crippen LogP contribution in [0.15, 0.2) is 30.3 Å². The molecular weight excluding hydrogens is 406 g/mol. The predicted molar refractivity (Wildman–Crippen MR) is 112 cm³/mol. The number of nitrogens with zero attached hydrogens (tertiary/aromatic N) is 4. The second-order valence-corrected chi connectivity index (χ2v) is 7.75. The van der Waals surface area contributed by atoms with E-state index in [1.807, 2.05) is 19.9 Å². The van der Waals surface area contributed by atoms with E-state index in [0.717, 1.165) is 11.4 Å². The van der Waals surface area contributed by atoms with Crippen molar-refractivity contribution in [2.45, 2.75) is 52.7 Å². The molecule has 1 atom stereocenters. The van der Waals surface area contributed by atoms with Gasteiger partial charge in [-0.2, -0.15) is 4.98 Å². The molecule has 0 spiro atoms. The SMILES string of the molecule is Cc1cc(C)n2nc(CC(=O)N[C@H](CC(=O)OC(C)C)c3ccccc3Cl)nc2n1. The number of carbonyl (C=O) groups excluding carboxylic acids is 2. The molecule has 3 rings (SSSR count). The lowest BCUT2D eigenvalue weighted by Gasteiger charge is -2.20. The standard InChI is InChI=1S/C21H24ClN5O3/c1-12(2)30-20(29)10-17(15-7-5-6-8-16(15)22)24-19(28)11-18-25-21-23-13(3)9-14(4)27(21)26-18/h5-9,12,17H,10-11H2,1-4H3,(H,24,28)/t17-/m1/s1. The number of aryl methyl sites for hydroxylation is 2. The number of amides is 1. The third kappa shape index (κ3) is 5.33. The number of fused-ring (bicyclic) bond motifs is 1. The van der Waals surface area contributed by atoms with Crippen molar-refractivity contribution in [3.63, 3.8) is 0 Å². The van der Waals surface area contributed by atoms with E-state index in [0.29, 0.717) is 22.2 Å². The minimum absolute atomic E-state index is 0.0356. The largest absolute Gasteiger partial charge is 0.463 e. The van der Waals surface area contributed by atoms with Gasteiger partial charge in [0.1, 0.15) is 0 Å². The molecule has 2 heterocycles. The second kappa shape index (κ2) is 9.21. The van der Waals surface area contributed by atoms with E-state index in [1.165, 1.54) is 0 Å². The maximum Gasteiger partial charge on any atom is 0.308 e. The lowest BCUT2D eigenvalue weighted by Crippen LogP contribution is -2.32. The molecule has 3 aromatic rings. The molecule has 2 aromatic heterocycles. The summed E-state index contributed by atoms with van der Waals surface area (Å²) >= 11 is 6.30. The number of halogens is 1. The molecule has 30 heavy (non-hydrogen) atoms. The molecule has 0 aliphatic heterocycles. The maximum absolute atomic E-state index is 12.7. The summed E-state index contributed by atoms with van der Waals surface area (Å²) in [5.74, 6) is 0.0359. The number of rotatable bonds is 7. The van der Waals surface area contributed by atoms with Crippen LogP contribution in [0.25, 0.3) is 5.78 Å². The van der Waals surface area contributed by atoms with E-state index in [4.69, 9.17) is 16.3 Å². The maximum atomic E-state index is 12.7. The number of ether oxygens (including phenoxy) is 1. The Kier molecular flexibility index (Phi) is 6.66. The highest BCUT2D eigenvalue weighted by Gasteiger charge is 2.23. The Balaban J connectivity index is 1.78. The summed E-state index contributed by atoms with van der Waals surface area (Å²) in [5, 5.41) is 7.68. The second-order valence-electron chi connectivity index (χ2n) is 7.34. The van der Waals surface area contributed by atoms with Gasteiger partial charge in [0.2, 0.25) is 5.91 Å². The number of hydrogen-bond donors (Lipinski definition) is 1. The Morgan fingerprint density at radius 2 is 1.93 bits per heavy atom. The fourth-order valence-electron chi connectivity index (χ4n) is 3.15. The van der Waals surface area contributed by atoms with Crippen LogP contribution in [0.3, 0.4) is 0 Å². The van der Waals surface area contributed by atoms with Crippen LogP contribution in [0.1, 0.15) is 49.1 Å². The van der Waals surface area contributed by atoms with E-state index in [2.05, 4.69) is 20.4 Å². The van der Waals surface area contributed by atoms with Gasteiger partial charge in [0.05, 0.1) is 25.0 Å². The van der Waals surface area contributed by atoms with Gasteiger partial charge in [-0.05, 0) is 45.4 Å². The van der Waals surface area contributed by atoms with Crippen molar-refractivity contribution < 1.29 is 14.3 Å². The minimum Gasteiger partial charge on any atom is -0.463 e. The van der Waals surface area contributed by atoms with Gasteiger partial charge < -0.3 is 10.1 Å². The Bertz CT molecular complexity index is 1080. The van der Waals surface area contributed by atoms with Crippen LogP contribution in [-0.4, -0.2) is 37.6 Å². The van der Waals surface area contributed by atoms with Gasteiger partial charge in [-0.15, -0.1) is 5.10 Å². The zero-order valence-electron chi connectivity index (χ0n) is 17.3. The summed E-state index contributed by atoms with van der Waals surface area (Å²) in [6, 6.07) is 8.33. The third-order valence-electron chi connectivity index (χ3n) is 4.33. The number of hydrogen-bond acceptors (Lipinski definition) is 6. The number of nitrogens with one attached hydrogen (secondary N) is 1. The zero-order valence-corrected chi connectivity index (χ0v) is 18.1. The Labute approximate surface area is 179 Å². The van der Waals surface area contributed by atoms with Crippen LogP contribution in [-0.2, 0) is 20.7 Å². The van der Waals surface area contributed by atoms with Crippen molar-refractivity contribution in [2.24, 2.45) is 0 Å². The molecule has 0 unspecified atom stereocenters. The first kappa shape index (κ1) is 21.7. The van der Waals surface area contributed by atoms with Crippen molar-refractivity contribution >= 4 is 29.3 Å². The molecule has 0 fully saturated rings. The third-order valence-corrected chi connectivity index (χ3v) is 4.68. The summed E-state index contributed by atoms with van der Waals surface area (Å²) in [5.41, 5.74) is 2.34. The van der Waals surface area contributed by atoms with Crippen LogP contribution in [0, 0.1) is 13.8 Å². The zero-order chi connectivity index (χ0) is 21.8.